The largest absolute Gasteiger partial charge is 0.311 e. The second kappa shape index (κ2) is 4.73. The Balaban J connectivity index is 1.88. The molecule has 0 aliphatic carbocycles. The van der Waals surface area contributed by atoms with E-state index in [4.69, 9.17) is 0 Å². The summed E-state index contributed by atoms with van der Waals surface area (Å²) in [7, 11) is 0. The molecular formula is C15H20N2O. The van der Waals surface area contributed by atoms with Crippen LogP contribution in [-0.2, 0) is 11.2 Å². The number of hydrogen-bond acceptors (Lipinski definition) is 2. The first-order chi connectivity index (χ1) is 8.75. The summed E-state index contributed by atoms with van der Waals surface area (Å²) in [4.78, 5) is 14.5. The SMILES string of the molecule is Cc1ccc2c(c1)CCCN2C(=O)C1CCCN1. The molecule has 1 fully saturated rings. The fourth-order valence-corrected chi connectivity index (χ4v) is 3.04. The van der Waals surface area contributed by atoms with Crippen LogP contribution in [0, 0.1) is 6.92 Å². The van der Waals surface area contributed by atoms with E-state index in [9.17, 15) is 4.79 Å². The Morgan fingerprint density at radius 3 is 3.06 bits per heavy atom. The summed E-state index contributed by atoms with van der Waals surface area (Å²) in [5.74, 6) is 0.261. The number of nitrogens with one attached hydrogen (secondary N) is 1. The predicted molar refractivity (Wildman–Crippen MR) is 72.9 cm³/mol. The van der Waals surface area contributed by atoms with Crippen molar-refractivity contribution in [2.75, 3.05) is 18.0 Å². The quantitative estimate of drug-likeness (QED) is 0.819. The minimum absolute atomic E-state index is 0.0391. The van der Waals surface area contributed by atoms with E-state index in [2.05, 4.69) is 30.4 Å². The van der Waals surface area contributed by atoms with Crippen molar-refractivity contribution in [3.63, 3.8) is 0 Å². The Kier molecular flexibility index (Phi) is 3.08. The van der Waals surface area contributed by atoms with Gasteiger partial charge in [0.2, 0.25) is 5.91 Å². The molecule has 0 bridgehead atoms. The zero-order valence-electron chi connectivity index (χ0n) is 10.9. The van der Waals surface area contributed by atoms with E-state index in [0.717, 1.165) is 44.5 Å². The van der Waals surface area contributed by atoms with Crippen LogP contribution >= 0.6 is 0 Å². The Hall–Kier alpha value is -1.35. The van der Waals surface area contributed by atoms with E-state index < -0.39 is 0 Å². The second-order valence-electron chi connectivity index (χ2n) is 5.37. The van der Waals surface area contributed by atoms with E-state index in [0.29, 0.717) is 0 Å². The van der Waals surface area contributed by atoms with Crippen LogP contribution in [0.2, 0.25) is 0 Å². The van der Waals surface area contributed by atoms with Crippen LogP contribution < -0.4 is 10.2 Å². The molecule has 1 unspecified atom stereocenters. The van der Waals surface area contributed by atoms with Crippen LogP contribution in [0.25, 0.3) is 0 Å². The first-order valence-electron chi connectivity index (χ1n) is 6.90. The predicted octanol–water partition coefficient (Wildman–Crippen LogP) is 2.03. The average molecular weight is 244 g/mol. The van der Waals surface area contributed by atoms with Gasteiger partial charge in [0.25, 0.3) is 0 Å². The average Bonchev–Trinajstić information content (AvgIpc) is 2.90. The molecular weight excluding hydrogens is 224 g/mol. The summed E-state index contributed by atoms with van der Waals surface area (Å²) in [6.45, 7) is 3.96. The summed E-state index contributed by atoms with van der Waals surface area (Å²) in [6.07, 6.45) is 4.27. The number of anilines is 1. The van der Waals surface area contributed by atoms with Gasteiger partial charge in [0.15, 0.2) is 0 Å². The molecule has 3 nitrogen and oxygen atoms in total. The van der Waals surface area contributed by atoms with Crippen LogP contribution in [-0.4, -0.2) is 25.0 Å². The molecule has 3 heteroatoms. The van der Waals surface area contributed by atoms with Crippen molar-refractivity contribution >= 4 is 11.6 Å². The monoisotopic (exact) mass is 244 g/mol. The van der Waals surface area contributed by atoms with E-state index in [1.807, 2.05) is 4.90 Å². The lowest BCUT2D eigenvalue weighted by atomic mass is 9.98. The summed E-state index contributed by atoms with van der Waals surface area (Å²) in [5, 5.41) is 3.30. The van der Waals surface area contributed by atoms with Gasteiger partial charge in [-0.1, -0.05) is 17.7 Å². The third-order valence-electron chi connectivity index (χ3n) is 3.98. The second-order valence-corrected chi connectivity index (χ2v) is 5.37. The van der Waals surface area contributed by atoms with E-state index in [1.165, 1.54) is 11.1 Å². The van der Waals surface area contributed by atoms with Crippen LogP contribution in [0.5, 0.6) is 0 Å². The number of carbonyl (C=O) groups excluding carboxylic acids is 1. The number of benzene rings is 1. The van der Waals surface area contributed by atoms with Gasteiger partial charge in [0.1, 0.15) is 0 Å². The lowest BCUT2D eigenvalue weighted by Crippen LogP contribution is -2.45. The number of aryl methyl sites for hydroxylation is 2. The number of carbonyl (C=O) groups is 1. The van der Waals surface area contributed by atoms with Gasteiger partial charge in [-0.25, -0.2) is 0 Å². The number of hydrogen-bond donors (Lipinski definition) is 1. The molecule has 96 valence electrons. The van der Waals surface area contributed by atoms with Crippen LogP contribution in [0.4, 0.5) is 5.69 Å². The maximum atomic E-state index is 12.5. The Morgan fingerprint density at radius 2 is 2.28 bits per heavy atom. The van der Waals surface area contributed by atoms with E-state index in [1.54, 1.807) is 0 Å². The normalized spacial score (nSPS) is 22.9. The first-order valence-corrected chi connectivity index (χ1v) is 6.90. The molecule has 1 aromatic carbocycles. The van der Waals surface area contributed by atoms with E-state index >= 15 is 0 Å². The van der Waals surface area contributed by atoms with Gasteiger partial charge in [0, 0.05) is 12.2 Å². The van der Waals surface area contributed by atoms with Gasteiger partial charge < -0.3 is 10.2 Å². The lowest BCUT2D eigenvalue weighted by molar-refractivity contribution is -0.120. The number of rotatable bonds is 1. The van der Waals surface area contributed by atoms with Crippen molar-refractivity contribution in [1.29, 1.82) is 0 Å². The number of amides is 1. The molecule has 0 aromatic heterocycles. The summed E-state index contributed by atoms with van der Waals surface area (Å²) < 4.78 is 0. The van der Waals surface area contributed by atoms with Crippen molar-refractivity contribution in [1.82, 2.24) is 5.32 Å². The molecule has 2 aliphatic rings. The molecule has 1 saturated heterocycles. The van der Waals surface area contributed by atoms with Gasteiger partial charge in [-0.3, -0.25) is 4.79 Å². The van der Waals surface area contributed by atoms with Gasteiger partial charge in [-0.05, 0) is 50.8 Å². The van der Waals surface area contributed by atoms with E-state index in [-0.39, 0.29) is 11.9 Å². The molecule has 1 N–H and O–H groups in total. The maximum absolute atomic E-state index is 12.5. The highest BCUT2D eigenvalue weighted by atomic mass is 16.2. The minimum Gasteiger partial charge on any atom is -0.311 e. The van der Waals surface area contributed by atoms with Gasteiger partial charge >= 0.3 is 0 Å². The molecule has 18 heavy (non-hydrogen) atoms. The fourth-order valence-electron chi connectivity index (χ4n) is 3.04. The molecule has 3 rings (SSSR count). The summed E-state index contributed by atoms with van der Waals surface area (Å²) in [5.41, 5.74) is 3.74. The minimum atomic E-state index is 0.0391. The van der Waals surface area contributed by atoms with Crippen molar-refractivity contribution < 1.29 is 4.79 Å². The van der Waals surface area contributed by atoms with Crippen LogP contribution in [0.1, 0.15) is 30.4 Å². The number of nitrogens with zero attached hydrogens (tertiary/aromatic N) is 1. The Labute approximate surface area is 108 Å². The zero-order chi connectivity index (χ0) is 12.5. The van der Waals surface area contributed by atoms with Gasteiger partial charge in [0.05, 0.1) is 6.04 Å². The van der Waals surface area contributed by atoms with Crippen molar-refractivity contribution in [3.05, 3.63) is 29.3 Å². The molecule has 0 saturated carbocycles. The van der Waals surface area contributed by atoms with Crippen LogP contribution in [0.3, 0.4) is 0 Å². The highest BCUT2D eigenvalue weighted by molar-refractivity contribution is 5.98. The first kappa shape index (κ1) is 11.7. The number of fused-ring (bicyclic) bond motifs is 1. The fraction of sp³-hybridized carbons (Fsp3) is 0.533. The smallest absolute Gasteiger partial charge is 0.244 e. The molecule has 1 amide bonds. The van der Waals surface area contributed by atoms with Crippen molar-refractivity contribution in [2.45, 2.75) is 38.6 Å². The van der Waals surface area contributed by atoms with Crippen molar-refractivity contribution in [2.24, 2.45) is 0 Å². The third kappa shape index (κ3) is 2.03. The van der Waals surface area contributed by atoms with Gasteiger partial charge in [-0.2, -0.15) is 0 Å². The molecule has 2 aliphatic heterocycles. The van der Waals surface area contributed by atoms with Crippen molar-refractivity contribution in [3.8, 4) is 0 Å². The zero-order valence-corrected chi connectivity index (χ0v) is 10.9. The maximum Gasteiger partial charge on any atom is 0.244 e. The molecule has 2 heterocycles. The highest BCUT2D eigenvalue weighted by Crippen LogP contribution is 2.29. The summed E-state index contributed by atoms with van der Waals surface area (Å²) in [6, 6.07) is 6.47. The molecule has 1 aromatic rings. The molecule has 0 spiro atoms. The molecule has 1 atom stereocenters. The third-order valence-corrected chi connectivity index (χ3v) is 3.98. The Morgan fingerprint density at radius 1 is 1.39 bits per heavy atom. The standard InChI is InChI=1S/C15H20N2O/c1-11-6-7-14-12(10-11)4-3-9-17(14)15(18)13-5-2-8-16-13/h6-7,10,13,16H,2-5,8-9H2,1H3. The topological polar surface area (TPSA) is 32.3 Å². The van der Waals surface area contributed by atoms with Crippen LogP contribution in [0.15, 0.2) is 18.2 Å². The highest BCUT2D eigenvalue weighted by Gasteiger charge is 2.30. The lowest BCUT2D eigenvalue weighted by Gasteiger charge is -2.31. The molecule has 0 radical (unpaired) electrons. The van der Waals surface area contributed by atoms with Gasteiger partial charge in [-0.15, -0.1) is 0 Å². The Bertz CT molecular complexity index is 464. The summed E-state index contributed by atoms with van der Waals surface area (Å²) >= 11 is 0.